The van der Waals surface area contributed by atoms with Crippen molar-refractivity contribution in [1.82, 2.24) is 0 Å². The molecule has 1 heterocycles. The number of rotatable bonds is 1. The zero-order chi connectivity index (χ0) is 8.48. The minimum atomic E-state index is -3.13. The van der Waals surface area contributed by atoms with Crippen LogP contribution in [0.4, 0.5) is 5.00 Å². The van der Waals surface area contributed by atoms with E-state index in [0.29, 0.717) is 5.00 Å². The van der Waals surface area contributed by atoms with Crippen LogP contribution in [-0.4, -0.2) is 4.21 Å². The number of hydrogen-bond donors (Lipinski definition) is 2. The van der Waals surface area contributed by atoms with E-state index < -0.39 is 9.92 Å². The topological polar surface area (TPSA) is 71.3 Å². The van der Waals surface area contributed by atoms with Crippen LogP contribution < -0.4 is 5.14 Å². The third-order valence-electron chi connectivity index (χ3n) is 1.02. The van der Waals surface area contributed by atoms with Crippen LogP contribution >= 0.6 is 11.3 Å². The van der Waals surface area contributed by atoms with Crippen LogP contribution in [0.15, 0.2) is 16.3 Å². The normalized spacial score (nSPS) is 15.3. The third kappa shape index (κ3) is 1.77. The van der Waals surface area contributed by atoms with Crippen molar-refractivity contribution in [3.8, 4) is 0 Å². The fourth-order valence-corrected chi connectivity index (χ4v) is 2.16. The van der Waals surface area contributed by atoms with Gasteiger partial charge in [-0.05, 0) is 11.4 Å². The van der Waals surface area contributed by atoms with Gasteiger partial charge < -0.3 is 0 Å². The van der Waals surface area contributed by atoms with Gasteiger partial charge in [-0.3, -0.25) is 0 Å². The molecule has 1 atom stereocenters. The molecule has 1 aromatic rings. The smallest absolute Gasteiger partial charge is 0.241 e. The standard InChI is InChI=1S/C5H5N3OS2/c1-8-5-2-4(3-10-5)11(6,7)9/h2-3H,(H3,6,7,9). The minimum Gasteiger partial charge on any atom is -0.241 e. The minimum absolute atomic E-state index is 0.230. The molecule has 6 heteroatoms. The van der Waals surface area contributed by atoms with Crippen LogP contribution in [-0.2, 0) is 9.92 Å². The molecule has 0 spiro atoms. The van der Waals surface area contributed by atoms with Gasteiger partial charge in [0, 0.05) is 0 Å². The van der Waals surface area contributed by atoms with Crippen molar-refractivity contribution in [2.75, 3.05) is 0 Å². The quantitative estimate of drug-likeness (QED) is 0.644. The summed E-state index contributed by atoms with van der Waals surface area (Å²) >= 11 is 1.14. The molecule has 3 N–H and O–H groups in total. The molecule has 4 nitrogen and oxygen atoms in total. The molecule has 11 heavy (non-hydrogen) atoms. The number of hydrogen-bond acceptors (Lipinski definition) is 3. The first-order valence-corrected chi connectivity index (χ1v) is 5.06. The molecule has 0 aliphatic carbocycles. The molecule has 58 valence electrons. The van der Waals surface area contributed by atoms with Gasteiger partial charge in [-0.25, -0.2) is 19.0 Å². The van der Waals surface area contributed by atoms with Gasteiger partial charge in [-0.2, -0.15) is 11.3 Å². The zero-order valence-electron chi connectivity index (χ0n) is 5.40. The summed E-state index contributed by atoms with van der Waals surface area (Å²) in [5.41, 5.74) is 0. The van der Waals surface area contributed by atoms with Crippen molar-refractivity contribution in [3.63, 3.8) is 0 Å². The highest BCUT2D eigenvalue weighted by atomic mass is 32.2. The average molecular weight is 187 g/mol. The van der Waals surface area contributed by atoms with Crippen molar-refractivity contribution >= 4 is 26.3 Å². The largest absolute Gasteiger partial charge is 0.242 e. The first-order valence-electron chi connectivity index (χ1n) is 2.56. The zero-order valence-corrected chi connectivity index (χ0v) is 7.04. The molecule has 0 saturated heterocycles. The van der Waals surface area contributed by atoms with Crippen molar-refractivity contribution in [1.29, 1.82) is 4.78 Å². The number of nitrogens with one attached hydrogen (secondary N) is 1. The molecule has 0 aliphatic heterocycles. The lowest BCUT2D eigenvalue weighted by Crippen LogP contribution is -2.08. The van der Waals surface area contributed by atoms with Gasteiger partial charge in [0.25, 0.3) is 0 Å². The second kappa shape index (κ2) is 2.62. The first kappa shape index (κ1) is 8.20. The molecule has 0 saturated carbocycles. The van der Waals surface area contributed by atoms with Gasteiger partial charge in [0.05, 0.1) is 11.5 Å². The van der Waals surface area contributed by atoms with Gasteiger partial charge in [0.2, 0.25) is 5.00 Å². The fraction of sp³-hybridized carbons (Fsp3) is 0. The van der Waals surface area contributed by atoms with E-state index in [-0.39, 0.29) is 4.90 Å². The molecule has 0 aliphatic rings. The van der Waals surface area contributed by atoms with Crippen LogP contribution in [0.25, 0.3) is 4.85 Å². The summed E-state index contributed by atoms with van der Waals surface area (Å²) < 4.78 is 17.8. The monoisotopic (exact) mass is 187 g/mol. The Labute approximate surface area is 68.6 Å². The summed E-state index contributed by atoms with van der Waals surface area (Å²) in [6, 6.07) is 1.38. The molecule has 1 rings (SSSR count). The maximum atomic E-state index is 10.9. The summed E-state index contributed by atoms with van der Waals surface area (Å²) in [4.78, 5) is 3.34. The van der Waals surface area contributed by atoms with Gasteiger partial charge in [0.1, 0.15) is 9.92 Å². The summed E-state index contributed by atoms with van der Waals surface area (Å²) in [6.07, 6.45) is 0. The summed E-state index contributed by atoms with van der Waals surface area (Å²) in [5, 5.41) is 6.91. The van der Waals surface area contributed by atoms with Gasteiger partial charge in [0.15, 0.2) is 0 Å². The lowest BCUT2D eigenvalue weighted by atomic mass is 10.6. The highest BCUT2D eigenvalue weighted by molar-refractivity contribution is 7.90. The Morgan fingerprint density at radius 1 is 1.82 bits per heavy atom. The second-order valence-corrected chi connectivity index (χ2v) is 4.40. The van der Waals surface area contributed by atoms with Crippen molar-refractivity contribution in [2.45, 2.75) is 4.90 Å². The molecular formula is C5H5N3OS2. The summed E-state index contributed by atoms with van der Waals surface area (Å²) in [6.45, 7) is 6.60. The first-order chi connectivity index (χ1) is 5.04. The van der Waals surface area contributed by atoms with E-state index in [1.54, 1.807) is 0 Å². The van der Waals surface area contributed by atoms with E-state index in [1.165, 1.54) is 11.4 Å². The molecule has 0 fully saturated rings. The lowest BCUT2D eigenvalue weighted by molar-refractivity contribution is 0.676. The molecule has 0 aromatic carbocycles. The second-order valence-electron chi connectivity index (χ2n) is 1.83. The van der Waals surface area contributed by atoms with Gasteiger partial charge in [-0.1, -0.05) is 0 Å². The van der Waals surface area contributed by atoms with Gasteiger partial charge in [-0.15, -0.1) is 0 Å². The highest BCUT2D eigenvalue weighted by Gasteiger charge is 2.05. The Hall–Kier alpha value is -0.900. The molecule has 0 bridgehead atoms. The number of nitrogens with two attached hydrogens (primary N) is 1. The lowest BCUT2D eigenvalue weighted by Gasteiger charge is -1.92. The van der Waals surface area contributed by atoms with Crippen molar-refractivity contribution in [2.24, 2.45) is 5.14 Å². The summed E-state index contributed by atoms with van der Waals surface area (Å²) in [7, 11) is -3.13. The van der Waals surface area contributed by atoms with E-state index >= 15 is 0 Å². The Morgan fingerprint density at radius 3 is 2.73 bits per heavy atom. The van der Waals surface area contributed by atoms with Crippen LogP contribution in [0.1, 0.15) is 0 Å². The molecule has 0 radical (unpaired) electrons. The third-order valence-corrected chi connectivity index (χ3v) is 2.93. The number of thiophene rings is 1. The molecule has 1 aromatic heterocycles. The highest BCUT2D eigenvalue weighted by Crippen LogP contribution is 2.25. The maximum absolute atomic E-state index is 10.9. The van der Waals surface area contributed by atoms with E-state index in [9.17, 15) is 4.21 Å². The Kier molecular flexibility index (Phi) is 1.95. The predicted molar refractivity (Wildman–Crippen MR) is 43.9 cm³/mol. The van der Waals surface area contributed by atoms with E-state index in [4.69, 9.17) is 16.5 Å². The average Bonchev–Trinajstić information content (AvgIpc) is 2.32. The number of nitrogens with zero attached hydrogens (tertiary/aromatic N) is 1. The Morgan fingerprint density at radius 2 is 2.45 bits per heavy atom. The van der Waals surface area contributed by atoms with E-state index in [1.807, 2.05) is 0 Å². The SMILES string of the molecule is [C-]#[N+]c1cc(S(=N)(N)=O)cs1. The Bertz CT molecular complexity index is 398. The van der Waals surface area contributed by atoms with E-state index in [2.05, 4.69) is 4.85 Å². The Balaban J connectivity index is 3.22. The molecular weight excluding hydrogens is 182 g/mol. The van der Waals surface area contributed by atoms with Crippen LogP contribution in [0.2, 0.25) is 0 Å². The molecule has 0 amide bonds. The van der Waals surface area contributed by atoms with Gasteiger partial charge >= 0.3 is 0 Å². The van der Waals surface area contributed by atoms with Crippen molar-refractivity contribution in [3.05, 3.63) is 22.9 Å². The fourth-order valence-electron chi connectivity index (χ4n) is 0.526. The van der Waals surface area contributed by atoms with Crippen LogP contribution in [0.3, 0.4) is 0 Å². The molecule has 1 unspecified atom stereocenters. The van der Waals surface area contributed by atoms with E-state index in [0.717, 1.165) is 11.3 Å². The predicted octanol–water partition coefficient (Wildman–Crippen LogP) is 1.58. The van der Waals surface area contributed by atoms with Crippen molar-refractivity contribution < 1.29 is 4.21 Å². The van der Waals surface area contributed by atoms with Crippen LogP contribution in [0, 0.1) is 11.4 Å². The van der Waals surface area contributed by atoms with Crippen LogP contribution in [0.5, 0.6) is 0 Å². The maximum Gasteiger partial charge on any atom is 0.242 e. The summed E-state index contributed by atoms with van der Waals surface area (Å²) in [5.74, 6) is 0.